The Morgan fingerprint density at radius 2 is 1.68 bits per heavy atom. The van der Waals surface area contributed by atoms with Crippen molar-refractivity contribution in [1.82, 2.24) is 10.2 Å². The highest BCUT2D eigenvalue weighted by molar-refractivity contribution is 7.80. The molecular formula is C28H29ClN4O3S. The van der Waals surface area contributed by atoms with E-state index in [0.29, 0.717) is 60.4 Å². The van der Waals surface area contributed by atoms with Crippen LogP contribution in [0.4, 0.5) is 11.4 Å². The third-order valence-corrected chi connectivity index (χ3v) is 6.56. The van der Waals surface area contributed by atoms with Crippen LogP contribution in [0.1, 0.15) is 33.2 Å². The van der Waals surface area contributed by atoms with Gasteiger partial charge in [0, 0.05) is 37.3 Å². The van der Waals surface area contributed by atoms with Crippen LogP contribution >= 0.6 is 23.8 Å². The number of piperazine rings is 1. The number of nitrogens with one attached hydrogen (secondary N) is 2. The van der Waals surface area contributed by atoms with E-state index in [2.05, 4.69) is 15.5 Å². The Morgan fingerprint density at radius 3 is 2.38 bits per heavy atom. The van der Waals surface area contributed by atoms with Crippen molar-refractivity contribution in [3.63, 3.8) is 0 Å². The van der Waals surface area contributed by atoms with Gasteiger partial charge in [0.1, 0.15) is 5.75 Å². The number of hydrogen-bond acceptors (Lipinski definition) is 5. The fraction of sp³-hybridized carbons (Fsp3) is 0.250. The van der Waals surface area contributed by atoms with Gasteiger partial charge in [-0.25, -0.2) is 0 Å². The van der Waals surface area contributed by atoms with Crippen molar-refractivity contribution in [2.75, 3.05) is 43.0 Å². The number of aryl methyl sites for hydroxylation is 1. The summed E-state index contributed by atoms with van der Waals surface area (Å²) >= 11 is 12.0. The summed E-state index contributed by atoms with van der Waals surface area (Å²) in [5, 5.41) is 6.55. The highest BCUT2D eigenvalue weighted by atomic mass is 35.5. The lowest BCUT2D eigenvalue weighted by Gasteiger charge is -2.37. The number of carbonyl (C=O) groups excluding carboxylic acids is 2. The SMILES string of the molecule is CCOc1cccc(C(=O)NC(=S)Nc2cccc(Cl)c2N2CCN(C(=O)c3ccc(C)cc3)CC2)c1. The lowest BCUT2D eigenvalue weighted by Crippen LogP contribution is -2.49. The predicted molar refractivity (Wildman–Crippen MR) is 152 cm³/mol. The van der Waals surface area contributed by atoms with Crippen LogP contribution in [0.2, 0.25) is 5.02 Å². The molecule has 0 unspecified atom stereocenters. The zero-order valence-corrected chi connectivity index (χ0v) is 22.4. The van der Waals surface area contributed by atoms with E-state index in [4.69, 9.17) is 28.6 Å². The lowest BCUT2D eigenvalue weighted by molar-refractivity contribution is 0.0746. The molecule has 3 aromatic rings. The minimum absolute atomic E-state index is 0.0226. The van der Waals surface area contributed by atoms with Gasteiger partial charge in [0.2, 0.25) is 0 Å². The first-order chi connectivity index (χ1) is 17.9. The third kappa shape index (κ3) is 6.58. The van der Waals surface area contributed by atoms with Gasteiger partial charge in [-0.15, -0.1) is 0 Å². The minimum atomic E-state index is -0.342. The second-order valence-electron chi connectivity index (χ2n) is 8.65. The van der Waals surface area contributed by atoms with Crippen LogP contribution in [0.3, 0.4) is 0 Å². The summed E-state index contributed by atoms with van der Waals surface area (Å²) in [5.41, 5.74) is 3.71. The second kappa shape index (κ2) is 12.1. The molecule has 1 aliphatic rings. The average Bonchev–Trinajstić information content (AvgIpc) is 2.89. The molecule has 1 saturated heterocycles. The molecule has 0 aromatic heterocycles. The van der Waals surface area contributed by atoms with Gasteiger partial charge in [0.05, 0.1) is 23.0 Å². The van der Waals surface area contributed by atoms with Gasteiger partial charge in [0.25, 0.3) is 11.8 Å². The molecule has 1 heterocycles. The molecule has 192 valence electrons. The van der Waals surface area contributed by atoms with E-state index in [9.17, 15) is 9.59 Å². The monoisotopic (exact) mass is 536 g/mol. The number of halogens is 1. The standard InChI is InChI=1S/C28H29ClN4O3S/c1-3-36-22-7-4-6-21(18-22)26(34)31-28(37)30-24-9-5-8-23(29)25(24)32-14-16-33(17-15-32)27(35)20-12-10-19(2)11-13-20/h4-13,18H,3,14-17H2,1-2H3,(H2,30,31,34,37). The second-order valence-corrected chi connectivity index (χ2v) is 9.47. The molecule has 2 amide bonds. The molecule has 37 heavy (non-hydrogen) atoms. The topological polar surface area (TPSA) is 73.9 Å². The van der Waals surface area contributed by atoms with Crippen molar-refractivity contribution in [3.8, 4) is 5.75 Å². The first-order valence-electron chi connectivity index (χ1n) is 12.1. The number of carbonyl (C=O) groups is 2. The van der Waals surface area contributed by atoms with Crippen LogP contribution in [0.5, 0.6) is 5.75 Å². The van der Waals surface area contributed by atoms with Crippen LogP contribution in [-0.2, 0) is 0 Å². The van der Waals surface area contributed by atoms with Gasteiger partial charge in [-0.3, -0.25) is 14.9 Å². The fourth-order valence-electron chi connectivity index (χ4n) is 4.17. The van der Waals surface area contributed by atoms with Crippen LogP contribution in [-0.4, -0.2) is 54.6 Å². The Hall–Kier alpha value is -3.62. The Balaban J connectivity index is 1.41. The maximum atomic E-state index is 12.9. The van der Waals surface area contributed by atoms with Gasteiger partial charge in [-0.2, -0.15) is 0 Å². The Bertz CT molecular complexity index is 1290. The quantitative estimate of drug-likeness (QED) is 0.425. The number of nitrogens with zero attached hydrogens (tertiary/aromatic N) is 2. The molecule has 0 aliphatic carbocycles. The normalized spacial score (nSPS) is 13.2. The van der Waals surface area contributed by atoms with E-state index < -0.39 is 0 Å². The number of para-hydroxylation sites is 1. The number of anilines is 2. The molecule has 7 nitrogen and oxygen atoms in total. The van der Waals surface area contributed by atoms with Crippen molar-refractivity contribution in [3.05, 3.63) is 88.4 Å². The molecule has 9 heteroatoms. The predicted octanol–water partition coefficient (Wildman–Crippen LogP) is 5.14. The van der Waals surface area contributed by atoms with Crippen LogP contribution in [0.25, 0.3) is 0 Å². The third-order valence-electron chi connectivity index (χ3n) is 6.05. The van der Waals surface area contributed by atoms with Crippen LogP contribution < -0.4 is 20.3 Å². The largest absolute Gasteiger partial charge is 0.494 e. The van der Waals surface area contributed by atoms with Gasteiger partial charge >= 0.3 is 0 Å². The fourth-order valence-corrected chi connectivity index (χ4v) is 4.67. The molecule has 0 spiro atoms. The molecule has 1 fully saturated rings. The number of amides is 2. The number of hydrogen-bond donors (Lipinski definition) is 2. The molecule has 0 atom stereocenters. The van der Waals surface area contributed by atoms with E-state index >= 15 is 0 Å². The summed E-state index contributed by atoms with van der Waals surface area (Å²) in [6.07, 6.45) is 0. The van der Waals surface area contributed by atoms with Gasteiger partial charge < -0.3 is 19.9 Å². The first kappa shape index (κ1) is 26.4. The van der Waals surface area contributed by atoms with Gasteiger partial charge in [-0.05, 0) is 68.5 Å². The molecule has 0 saturated carbocycles. The maximum absolute atomic E-state index is 12.9. The average molecular weight is 537 g/mol. The lowest BCUT2D eigenvalue weighted by atomic mass is 10.1. The Kier molecular flexibility index (Phi) is 8.63. The molecule has 0 bridgehead atoms. The van der Waals surface area contributed by atoms with E-state index in [-0.39, 0.29) is 16.9 Å². The zero-order chi connectivity index (χ0) is 26.4. The van der Waals surface area contributed by atoms with Crippen molar-refractivity contribution in [1.29, 1.82) is 0 Å². The van der Waals surface area contributed by atoms with Crippen molar-refractivity contribution < 1.29 is 14.3 Å². The molecule has 2 N–H and O–H groups in total. The van der Waals surface area contributed by atoms with Crippen LogP contribution in [0.15, 0.2) is 66.7 Å². The van der Waals surface area contributed by atoms with E-state index in [1.807, 2.05) is 61.2 Å². The summed E-state index contributed by atoms with van der Waals surface area (Å²) < 4.78 is 5.47. The van der Waals surface area contributed by atoms with Crippen molar-refractivity contribution in [2.24, 2.45) is 0 Å². The van der Waals surface area contributed by atoms with Gasteiger partial charge in [0.15, 0.2) is 5.11 Å². The van der Waals surface area contributed by atoms with Crippen LogP contribution in [0, 0.1) is 6.92 Å². The number of thiocarbonyl (C=S) groups is 1. The molecule has 3 aromatic carbocycles. The summed E-state index contributed by atoms with van der Waals surface area (Å²) in [7, 11) is 0. The van der Waals surface area contributed by atoms with E-state index in [0.717, 1.165) is 11.3 Å². The number of benzene rings is 3. The van der Waals surface area contributed by atoms with Crippen molar-refractivity contribution in [2.45, 2.75) is 13.8 Å². The molecule has 4 rings (SSSR count). The molecule has 1 aliphatic heterocycles. The molecular weight excluding hydrogens is 508 g/mol. The highest BCUT2D eigenvalue weighted by Gasteiger charge is 2.25. The van der Waals surface area contributed by atoms with Crippen molar-refractivity contribution >= 4 is 52.1 Å². The van der Waals surface area contributed by atoms with E-state index in [1.165, 1.54) is 0 Å². The highest BCUT2D eigenvalue weighted by Crippen LogP contribution is 2.34. The number of ether oxygens (including phenoxy) is 1. The zero-order valence-electron chi connectivity index (χ0n) is 20.8. The summed E-state index contributed by atoms with van der Waals surface area (Å²) in [4.78, 5) is 29.6. The minimum Gasteiger partial charge on any atom is -0.494 e. The van der Waals surface area contributed by atoms with Gasteiger partial charge in [-0.1, -0.05) is 41.4 Å². The Labute approximate surface area is 227 Å². The number of rotatable bonds is 6. The first-order valence-corrected chi connectivity index (χ1v) is 12.9. The molecule has 0 radical (unpaired) electrons. The summed E-state index contributed by atoms with van der Waals surface area (Å²) in [6.45, 7) is 6.74. The van der Waals surface area contributed by atoms with E-state index in [1.54, 1.807) is 24.3 Å². The summed E-state index contributed by atoms with van der Waals surface area (Å²) in [6, 6.07) is 20.0. The smallest absolute Gasteiger partial charge is 0.257 e. The maximum Gasteiger partial charge on any atom is 0.257 e. The summed E-state index contributed by atoms with van der Waals surface area (Å²) in [5.74, 6) is 0.298. The Morgan fingerprint density at radius 1 is 0.973 bits per heavy atom.